The van der Waals surface area contributed by atoms with Gasteiger partial charge in [0.2, 0.25) is 0 Å². The molecule has 1 aromatic carbocycles. The SMILES string of the molecule is COC[C@@H](C)NC1CCC(Nc2cc(-c3cc(NCC4(C#N)CC4)ccc3F)c(F)cn2)CC1. The quantitative estimate of drug-likeness (QED) is 0.450. The minimum Gasteiger partial charge on any atom is -0.383 e. The van der Waals surface area contributed by atoms with E-state index in [1.54, 1.807) is 25.3 Å². The van der Waals surface area contributed by atoms with Gasteiger partial charge in [-0.3, -0.25) is 0 Å². The van der Waals surface area contributed by atoms with E-state index in [1.807, 2.05) is 0 Å². The van der Waals surface area contributed by atoms with Crippen LogP contribution in [0.3, 0.4) is 0 Å². The van der Waals surface area contributed by atoms with E-state index in [9.17, 15) is 14.0 Å². The summed E-state index contributed by atoms with van der Waals surface area (Å²) >= 11 is 0. The highest BCUT2D eigenvalue weighted by Crippen LogP contribution is 2.45. The molecule has 0 spiro atoms. The molecule has 2 saturated carbocycles. The number of nitrogens with one attached hydrogen (secondary N) is 3. The summed E-state index contributed by atoms with van der Waals surface area (Å²) in [6.45, 7) is 3.31. The Morgan fingerprint density at radius 3 is 2.50 bits per heavy atom. The lowest BCUT2D eigenvalue weighted by Crippen LogP contribution is -2.42. The molecule has 182 valence electrons. The summed E-state index contributed by atoms with van der Waals surface area (Å²) < 4.78 is 34.6. The van der Waals surface area contributed by atoms with Gasteiger partial charge in [-0.2, -0.15) is 5.26 Å². The minimum atomic E-state index is -0.572. The summed E-state index contributed by atoms with van der Waals surface area (Å²) in [5.74, 6) is -0.531. The van der Waals surface area contributed by atoms with Gasteiger partial charge in [0.1, 0.15) is 17.5 Å². The molecule has 34 heavy (non-hydrogen) atoms. The van der Waals surface area contributed by atoms with Crippen molar-refractivity contribution < 1.29 is 13.5 Å². The van der Waals surface area contributed by atoms with Gasteiger partial charge in [-0.25, -0.2) is 13.8 Å². The average molecular weight is 470 g/mol. The smallest absolute Gasteiger partial charge is 0.149 e. The molecule has 2 aromatic rings. The van der Waals surface area contributed by atoms with Gasteiger partial charge < -0.3 is 20.7 Å². The number of anilines is 2. The fourth-order valence-corrected chi connectivity index (χ4v) is 4.63. The number of ether oxygens (including phenoxy) is 1. The van der Waals surface area contributed by atoms with E-state index in [0.29, 0.717) is 36.7 Å². The predicted molar refractivity (Wildman–Crippen MR) is 129 cm³/mol. The van der Waals surface area contributed by atoms with Crippen LogP contribution in [0.15, 0.2) is 30.5 Å². The third kappa shape index (κ3) is 6.02. The molecule has 0 radical (unpaired) electrons. The maximum atomic E-state index is 14.7. The minimum absolute atomic E-state index is 0.170. The summed E-state index contributed by atoms with van der Waals surface area (Å²) in [7, 11) is 1.71. The molecular weight excluding hydrogens is 436 g/mol. The molecule has 6 nitrogen and oxygen atoms in total. The Labute approximate surface area is 200 Å². The van der Waals surface area contributed by atoms with Gasteiger partial charge in [0.15, 0.2) is 0 Å². The number of pyridine rings is 1. The number of rotatable bonds is 10. The molecule has 2 aliphatic rings. The summed E-state index contributed by atoms with van der Waals surface area (Å²) in [4.78, 5) is 4.20. The first-order valence-electron chi connectivity index (χ1n) is 12.0. The Balaban J connectivity index is 1.41. The highest BCUT2D eigenvalue weighted by atomic mass is 19.1. The van der Waals surface area contributed by atoms with Crippen LogP contribution in [0.4, 0.5) is 20.3 Å². The highest BCUT2D eigenvalue weighted by molar-refractivity contribution is 5.71. The first-order chi connectivity index (χ1) is 16.4. The Kier molecular flexibility index (Phi) is 7.64. The van der Waals surface area contributed by atoms with Gasteiger partial charge in [0, 0.05) is 48.6 Å². The van der Waals surface area contributed by atoms with Crippen molar-refractivity contribution in [3.05, 3.63) is 42.1 Å². The van der Waals surface area contributed by atoms with Crippen molar-refractivity contribution in [2.24, 2.45) is 5.41 Å². The summed E-state index contributed by atoms with van der Waals surface area (Å²) in [6.07, 6.45) is 6.88. The van der Waals surface area contributed by atoms with E-state index in [-0.39, 0.29) is 22.6 Å². The van der Waals surface area contributed by atoms with Crippen molar-refractivity contribution in [2.45, 2.75) is 63.6 Å². The molecule has 4 rings (SSSR count). The molecule has 8 heteroatoms. The second-order valence-corrected chi connectivity index (χ2v) is 9.71. The molecule has 2 aliphatic carbocycles. The van der Waals surface area contributed by atoms with E-state index in [0.717, 1.165) is 44.7 Å². The van der Waals surface area contributed by atoms with Gasteiger partial charge in [0.25, 0.3) is 0 Å². The number of methoxy groups -OCH3 is 1. The molecule has 2 fully saturated rings. The Bertz CT molecular complexity index is 1030. The zero-order valence-corrected chi connectivity index (χ0v) is 19.8. The molecule has 1 atom stereocenters. The Hall–Kier alpha value is -2.76. The Morgan fingerprint density at radius 2 is 1.82 bits per heavy atom. The van der Waals surface area contributed by atoms with Crippen LogP contribution in [0.5, 0.6) is 0 Å². The summed E-state index contributed by atoms with van der Waals surface area (Å²) in [5.41, 5.74) is 0.681. The number of nitriles is 1. The average Bonchev–Trinajstić information content (AvgIpc) is 3.62. The van der Waals surface area contributed by atoms with Crippen molar-refractivity contribution in [3.8, 4) is 17.2 Å². The molecule has 0 amide bonds. The lowest BCUT2D eigenvalue weighted by atomic mass is 9.90. The van der Waals surface area contributed by atoms with Crippen molar-refractivity contribution in [1.82, 2.24) is 10.3 Å². The largest absolute Gasteiger partial charge is 0.383 e. The monoisotopic (exact) mass is 469 g/mol. The number of benzene rings is 1. The summed E-state index contributed by atoms with van der Waals surface area (Å²) in [6, 6.07) is 9.47. The van der Waals surface area contributed by atoms with Crippen molar-refractivity contribution in [2.75, 3.05) is 30.9 Å². The zero-order valence-electron chi connectivity index (χ0n) is 19.8. The maximum absolute atomic E-state index is 14.7. The standard InChI is InChI=1S/C26H33F2N5O/c1-17(14-34-2)32-18-3-5-19(6-4-18)33-25-12-22(24(28)13-30-25)21-11-20(7-8-23(21)27)31-16-26(15-29)9-10-26/h7-8,11-13,17-19,31-32H,3-6,9-10,14,16H2,1-2H3,(H,30,33)/t17-,18?,19?/m1/s1. The second kappa shape index (κ2) is 10.7. The molecule has 1 heterocycles. The van der Waals surface area contributed by atoms with Crippen LogP contribution in [0.25, 0.3) is 11.1 Å². The fourth-order valence-electron chi connectivity index (χ4n) is 4.63. The lowest BCUT2D eigenvalue weighted by molar-refractivity contribution is 0.161. The van der Waals surface area contributed by atoms with Gasteiger partial charge >= 0.3 is 0 Å². The normalized spacial score (nSPS) is 22.0. The van der Waals surface area contributed by atoms with Crippen LogP contribution in [-0.4, -0.2) is 43.4 Å². The van der Waals surface area contributed by atoms with E-state index in [1.165, 1.54) is 6.07 Å². The number of aromatic nitrogens is 1. The van der Waals surface area contributed by atoms with Crippen LogP contribution in [0.2, 0.25) is 0 Å². The fraction of sp³-hybridized carbons (Fsp3) is 0.538. The Morgan fingerprint density at radius 1 is 1.12 bits per heavy atom. The van der Waals surface area contributed by atoms with E-state index < -0.39 is 11.6 Å². The molecule has 0 saturated heterocycles. The van der Waals surface area contributed by atoms with E-state index >= 15 is 0 Å². The van der Waals surface area contributed by atoms with Crippen LogP contribution >= 0.6 is 0 Å². The van der Waals surface area contributed by atoms with Gasteiger partial charge in [-0.15, -0.1) is 0 Å². The highest BCUT2D eigenvalue weighted by Gasteiger charge is 2.42. The molecule has 0 aliphatic heterocycles. The lowest BCUT2D eigenvalue weighted by Gasteiger charge is -2.31. The first-order valence-corrected chi connectivity index (χ1v) is 12.0. The number of nitrogens with zero attached hydrogens (tertiary/aromatic N) is 2. The van der Waals surface area contributed by atoms with Crippen molar-refractivity contribution in [1.29, 1.82) is 5.26 Å². The van der Waals surface area contributed by atoms with Gasteiger partial charge in [-0.1, -0.05) is 0 Å². The second-order valence-electron chi connectivity index (χ2n) is 9.71. The number of halogens is 2. The zero-order chi connectivity index (χ0) is 24.1. The van der Waals surface area contributed by atoms with Crippen LogP contribution in [-0.2, 0) is 4.74 Å². The third-order valence-electron chi connectivity index (χ3n) is 6.85. The van der Waals surface area contributed by atoms with E-state index in [2.05, 4.69) is 33.9 Å². The number of hydrogen-bond donors (Lipinski definition) is 3. The number of hydrogen-bond acceptors (Lipinski definition) is 6. The van der Waals surface area contributed by atoms with Crippen molar-refractivity contribution >= 4 is 11.5 Å². The van der Waals surface area contributed by atoms with Gasteiger partial charge in [-0.05, 0) is 69.7 Å². The van der Waals surface area contributed by atoms with E-state index in [4.69, 9.17) is 4.74 Å². The molecular formula is C26H33F2N5O. The molecule has 0 bridgehead atoms. The van der Waals surface area contributed by atoms with Crippen molar-refractivity contribution in [3.63, 3.8) is 0 Å². The predicted octanol–water partition coefficient (Wildman–Crippen LogP) is 5.09. The molecule has 1 aromatic heterocycles. The van der Waals surface area contributed by atoms with Gasteiger partial charge in [0.05, 0.1) is 24.3 Å². The van der Waals surface area contributed by atoms with Crippen LogP contribution < -0.4 is 16.0 Å². The molecule has 3 N–H and O–H groups in total. The maximum Gasteiger partial charge on any atom is 0.149 e. The van der Waals surface area contributed by atoms with Crippen LogP contribution in [0.1, 0.15) is 45.4 Å². The first kappa shape index (κ1) is 24.4. The molecule has 0 unspecified atom stereocenters. The topological polar surface area (TPSA) is 82.0 Å². The third-order valence-corrected chi connectivity index (χ3v) is 6.85. The van der Waals surface area contributed by atoms with Crippen LogP contribution in [0, 0.1) is 28.4 Å². The summed E-state index contributed by atoms with van der Waals surface area (Å²) in [5, 5.41) is 19.5.